The quantitative estimate of drug-likeness (QED) is 0.807. The fourth-order valence-corrected chi connectivity index (χ4v) is 2.75. The molecule has 8 heteroatoms. The van der Waals surface area contributed by atoms with E-state index in [1.54, 1.807) is 17.5 Å². The highest BCUT2D eigenvalue weighted by Gasteiger charge is 2.38. The average Bonchev–Trinajstić information content (AvgIpc) is 3.23. The molecular weight excluding hydrogens is 330 g/mol. The fraction of sp³-hybridized carbons (Fsp3) is 0.556. The van der Waals surface area contributed by atoms with Crippen molar-refractivity contribution in [2.24, 2.45) is 10.2 Å². The predicted molar refractivity (Wildman–Crippen MR) is 96.8 cm³/mol. The van der Waals surface area contributed by atoms with Crippen LogP contribution < -0.4 is 5.32 Å². The van der Waals surface area contributed by atoms with Gasteiger partial charge in [-0.2, -0.15) is 20.3 Å². The third kappa shape index (κ3) is 3.72. The molecule has 0 fully saturated rings. The molecule has 0 saturated heterocycles. The van der Waals surface area contributed by atoms with Crippen LogP contribution in [0.2, 0.25) is 0 Å². The van der Waals surface area contributed by atoms with Gasteiger partial charge in [-0.15, -0.1) is 12.3 Å². The highest BCUT2D eigenvalue weighted by Crippen LogP contribution is 2.36. The van der Waals surface area contributed by atoms with E-state index in [2.05, 4.69) is 57.3 Å². The zero-order chi connectivity index (χ0) is 18.9. The molecule has 136 valence electrons. The molecule has 0 saturated carbocycles. The Labute approximate surface area is 152 Å². The topological polar surface area (TPSA) is 96.9 Å². The van der Waals surface area contributed by atoms with Gasteiger partial charge in [-0.25, -0.2) is 9.50 Å². The van der Waals surface area contributed by atoms with Crippen LogP contribution in [-0.4, -0.2) is 37.7 Å². The van der Waals surface area contributed by atoms with Crippen molar-refractivity contribution < 1.29 is 4.79 Å². The molecule has 0 atom stereocenters. The molecule has 26 heavy (non-hydrogen) atoms. The molecule has 1 N–H and O–H groups in total. The molecule has 1 aliphatic rings. The zero-order valence-corrected chi connectivity index (χ0v) is 15.6. The van der Waals surface area contributed by atoms with Crippen LogP contribution in [0.1, 0.15) is 62.0 Å². The van der Waals surface area contributed by atoms with E-state index in [0.29, 0.717) is 36.7 Å². The Morgan fingerprint density at radius 2 is 2.04 bits per heavy atom. The Balaban J connectivity index is 1.73. The van der Waals surface area contributed by atoms with Crippen LogP contribution >= 0.6 is 0 Å². The number of hydrogen-bond donors (Lipinski definition) is 1. The van der Waals surface area contributed by atoms with Crippen LogP contribution in [-0.2, 0) is 5.41 Å². The number of hydrogen-bond acceptors (Lipinski definition) is 6. The summed E-state index contributed by atoms with van der Waals surface area (Å²) in [6, 6.07) is 1.77. The van der Waals surface area contributed by atoms with Gasteiger partial charge in [0.05, 0.1) is 5.69 Å². The predicted octanol–water partition coefficient (Wildman–Crippen LogP) is 2.43. The van der Waals surface area contributed by atoms with Crippen molar-refractivity contribution in [2.45, 2.75) is 58.0 Å². The van der Waals surface area contributed by atoms with Crippen molar-refractivity contribution in [1.29, 1.82) is 0 Å². The second kappa shape index (κ2) is 6.48. The molecule has 0 bridgehead atoms. The summed E-state index contributed by atoms with van der Waals surface area (Å²) in [6.45, 7) is 8.45. The second-order valence-electron chi connectivity index (χ2n) is 7.54. The summed E-state index contributed by atoms with van der Waals surface area (Å²) in [4.78, 5) is 21.2. The van der Waals surface area contributed by atoms with Crippen molar-refractivity contribution in [1.82, 2.24) is 24.9 Å². The Hall–Kier alpha value is -2.82. The molecule has 0 spiro atoms. The summed E-state index contributed by atoms with van der Waals surface area (Å²) in [5, 5.41) is 15.4. The summed E-state index contributed by atoms with van der Waals surface area (Å²) in [7, 11) is 0. The lowest BCUT2D eigenvalue weighted by atomic mass is 9.91. The maximum absolute atomic E-state index is 12.6. The first kappa shape index (κ1) is 18.0. The van der Waals surface area contributed by atoms with E-state index in [9.17, 15) is 4.79 Å². The van der Waals surface area contributed by atoms with E-state index in [1.165, 1.54) is 0 Å². The van der Waals surface area contributed by atoms with Crippen molar-refractivity contribution in [3.63, 3.8) is 0 Å². The number of amides is 1. The third-order valence-corrected chi connectivity index (χ3v) is 4.28. The average molecular weight is 353 g/mol. The van der Waals surface area contributed by atoms with Gasteiger partial charge in [0.2, 0.25) is 0 Å². The van der Waals surface area contributed by atoms with Crippen molar-refractivity contribution in [2.75, 3.05) is 6.54 Å². The molecule has 1 amide bonds. The molecule has 2 aromatic rings. The number of rotatable bonds is 6. The van der Waals surface area contributed by atoms with E-state index in [4.69, 9.17) is 6.42 Å². The van der Waals surface area contributed by atoms with Crippen LogP contribution in [0.5, 0.6) is 0 Å². The molecule has 3 heterocycles. The van der Waals surface area contributed by atoms with Crippen LogP contribution in [0.15, 0.2) is 16.3 Å². The highest BCUT2D eigenvalue weighted by atomic mass is 16.1. The smallest absolute Gasteiger partial charge is 0.270 e. The summed E-state index contributed by atoms with van der Waals surface area (Å²) < 4.78 is 1.70. The van der Waals surface area contributed by atoms with Crippen LogP contribution in [0.4, 0.5) is 0 Å². The number of aromatic nitrogens is 4. The normalized spacial score (nSPS) is 15.0. The number of aryl methyl sites for hydroxylation is 1. The summed E-state index contributed by atoms with van der Waals surface area (Å²) in [6.07, 6.45) is 7.27. The maximum Gasteiger partial charge on any atom is 0.270 e. The number of carbonyl (C=O) groups excluding carboxylic acids is 1. The van der Waals surface area contributed by atoms with Crippen LogP contribution in [0.3, 0.4) is 0 Å². The van der Waals surface area contributed by atoms with E-state index in [-0.39, 0.29) is 11.3 Å². The highest BCUT2D eigenvalue weighted by molar-refractivity contribution is 5.92. The minimum Gasteiger partial charge on any atom is -0.351 e. The van der Waals surface area contributed by atoms with E-state index in [1.807, 2.05) is 0 Å². The third-order valence-electron chi connectivity index (χ3n) is 4.28. The number of terminal acetylenes is 1. The lowest BCUT2D eigenvalue weighted by Gasteiger charge is -2.20. The summed E-state index contributed by atoms with van der Waals surface area (Å²) in [5.41, 5.74) is 0.599. The summed E-state index contributed by atoms with van der Waals surface area (Å²) in [5.74, 6) is 3.40. The van der Waals surface area contributed by atoms with Gasteiger partial charge >= 0.3 is 0 Å². The number of nitrogens with zero attached hydrogens (tertiary/aromatic N) is 6. The van der Waals surface area contributed by atoms with Gasteiger partial charge in [0.1, 0.15) is 11.5 Å². The van der Waals surface area contributed by atoms with Gasteiger partial charge in [-0.3, -0.25) is 4.79 Å². The number of carbonyl (C=O) groups is 1. The SMILES string of the molecule is C#CCCC1(CCNC(=O)c2cc(C(C)(C)C)n3nc(C)nc3n2)N=N1. The van der Waals surface area contributed by atoms with E-state index < -0.39 is 5.66 Å². The fourth-order valence-electron chi connectivity index (χ4n) is 2.75. The Bertz CT molecular complexity index is 908. The number of nitrogens with one attached hydrogen (secondary N) is 1. The second-order valence-corrected chi connectivity index (χ2v) is 7.54. The van der Waals surface area contributed by atoms with Crippen molar-refractivity contribution in [3.8, 4) is 12.3 Å². The van der Waals surface area contributed by atoms with E-state index >= 15 is 0 Å². The first-order valence-corrected chi connectivity index (χ1v) is 8.65. The molecule has 2 aromatic heterocycles. The van der Waals surface area contributed by atoms with E-state index in [0.717, 1.165) is 12.1 Å². The van der Waals surface area contributed by atoms with Crippen molar-refractivity contribution in [3.05, 3.63) is 23.3 Å². The largest absolute Gasteiger partial charge is 0.351 e. The molecule has 0 radical (unpaired) electrons. The minimum absolute atomic E-state index is 0.207. The molecule has 8 nitrogen and oxygen atoms in total. The molecular formula is C18H23N7O. The molecule has 3 rings (SSSR count). The summed E-state index contributed by atoms with van der Waals surface area (Å²) >= 11 is 0. The first-order valence-electron chi connectivity index (χ1n) is 8.65. The van der Waals surface area contributed by atoms with Crippen molar-refractivity contribution >= 4 is 11.7 Å². The Morgan fingerprint density at radius 3 is 2.65 bits per heavy atom. The Kier molecular flexibility index (Phi) is 4.48. The van der Waals surface area contributed by atoms with Gasteiger partial charge in [-0.1, -0.05) is 20.8 Å². The lowest BCUT2D eigenvalue weighted by molar-refractivity contribution is 0.0946. The van der Waals surface area contributed by atoms with Gasteiger partial charge < -0.3 is 5.32 Å². The first-order chi connectivity index (χ1) is 12.2. The van der Waals surface area contributed by atoms with Crippen LogP contribution in [0, 0.1) is 19.3 Å². The van der Waals surface area contributed by atoms with Gasteiger partial charge in [-0.05, 0) is 13.0 Å². The maximum atomic E-state index is 12.6. The monoisotopic (exact) mass is 353 g/mol. The lowest BCUT2D eigenvalue weighted by Crippen LogP contribution is -2.30. The molecule has 0 aliphatic carbocycles. The van der Waals surface area contributed by atoms with Gasteiger partial charge in [0.15, 0.2) is 5.66 Å². The number of fused-ring (bicyclic) bond motifs is 1. The molecule has 0 unspecified atom stereocenters. The van der Waals surface area contributed by atoms with Gasteiger partial charge in [0.25, 0.3) is 11.7 Å². The van der Waals surface area contributed by atoms with Gasteiger partial charge in [0, 0.05) is 31.2 Å². The minimum atomic E-state index is -0.405. The zero-order valence-electron chi connectivity index (χ0n) is 15.6. The van der Waals surface area contributed by atoms with Crippen LogP contribution in [0.25, 0.3) is 5.78 Å². The molecule has 1 aliphatic heterocycles. The Morgan fingerprint density at radius 1 is 1.31 bits per heavy atom. The standard InChI is InChI=1S/C18H23N7O/c1-6-7-8-18(23-24-18)9-10-19-15(26)13-11-14(17(3,4)5)25-16(21-13)20-12(2)22-25/h1,11H,7-10H2,2-5H3,(H,19,26). The molecule has 0 aromatic carbocycles.